The number of amides is 1. The summed E-state index contributed by atoms with van der Waals surface area (Å²) >= 11 is 9.28. The maximum atomic E-state index is 13.2. The van der Waals surface area contributed by atoms with Gasteiger partial charge in [-0.2, -0.15) is 4.31 Å². The van der Waals surface area contributed by atoms with Crippen molar-refractivity contribution < 1.29 is 13.2 Å². The van der Waals surface area contributed by atoms with Crippen LogP contribution in [0.4, 0.5) is 0 Å². The Kier molecular flexibility index (Phi) is 7.73. The highest BCUT2D eigenvalue weighted by Gasteiger charge is 2.28. The van der Waals surface area contributed by atoms with E-state index in [1.807, 2.05) is 24.3 Å². The van der Waals surface area contributed by atoms with Crippen LogP contribution in [-0.4, -0.2) is 31.2 Å². The standard InChI is InChI=1S/C21H24BrClN2O3S/c22-17-8-6-16(7-9-17)14-25(15-21(26)24-19-4-2-1-3-5-19)29(27,28)20-12-10-18(23)11-13-20/h6-13,19H,1-5,14-15H2,(H,24,26). The molecule has 8 heteroatoms. The van der Waals surface area contributed by atoms with Crippen molar-refractivity contribution in [2.75, 3.05) is 6.54 Å². The maximum Gasteiger partial charge on any atom is 0.243 e. The molecule has 0 atom stereocenters. The first-order valence-electron chi connectivity index (χ1n) is 9.64. The monoisotopic (exact) mass is 498 g/mol. The molecule has 0 radical (unpaired) electrons. The SMILES string of the molecule is O=C(CN(Cc1ccc(Br)cc1)S(=O)(=O)c1ccc(Cl)cc1)NC1CCCCC1. The zero-order valence-corrected chi connectivity index (χ0v) is 19.1. The van der Waals surface area contributed by atoms with Crippen LogP contribution < -0.4 is 5.32 Å². The largest absolute Gasteiger partial charge is 0.352 e. The molecule has 0 bridgehead atoms. The summed E-state index contributed by atoms with van der Waals surface area (Å²) in [4.78, 5) is 12.8. The van der Waals surface area contributed by atoms with Gasteiger partial charge in [0, 0.05) is 22.1 Å². The van der Waals surface area contributed by atoms with Crippen LogP contribution in [0.3, 0.4) is 0 Å². The first-order valence-corrected chi connectivity index (χ1v) is 12.3. The van der Waals surface area contributed by atoms with E-state index < -0.39 is 10.0 Å². The minimum atomic E-state index is -3.86. The van der Waals surface area contributed by atoms with Gasteiger partial charge < -0.3 is 5.32 Å². The summed E-state index contributed by atoms with van der Waals surface area (Å²) < 4.78 is 28.6. The van der Waals surface area contributed by atoms with Crippen LogP contribution in [0, 0.1) is 0 Å². The van der Waals surface area contributed by atoms with Crippen molar-refractivity contribution in [3.05, 3.63) is 63.6 Å². The second-order valence-electron chi connectivity index (χ2n) is 7.26. The van der Waals surface area contributed by atoms with Gasteiger partial charge in [0.15, 0.2) is 0 Å². The predicted molar refractivity (Wildman–Crippen MR) is 118 cm³/mol. The number of hydrogen-bond donors (Lipinski definition) is 1. The lowest BCUT2D eigenvalue weighted by Gasteiger charge is -2.26. The van der Waals surface area contributed by atoms with E-state index in [0.717, 1.165) is 35.7 Å². The zero-order chi connectivity index (χ0) is 20.9. The molecule has 1 aliphatic carbocycles. The molecule has 0 aliphatic heterocycles. The first kappa shape index (κ1) is 22.3. The molecule has 0 spiro atoms. The molecule has 2 aromatic carbocycles. The third kappa shape index (κ3) is 6.28. The molecule has 1 N–H and O–H groups in total. The van der Waals surface area contributed by atoms with Crippen LogP contribution in [0.15, 0.2) is 57.9 Å². The van der Waals surface area contributed by atoms with Gasteiger partial charge in [0.05, 0.1) is 11.4 Å². The lowest BCUT2D eigenvalue weighted by Crippen LogP contribution is -2.44. The molecule has 1 saturated carbocycles. The number of carbonyl (C=O) groups is 1. The maximum absolute atomic E-state index is 13.2. The van der Waals surface area contributed by atoms with Gasteiger partial charge in [-0.25, -0.2) is 8.42 Å². The molecule has 0 saturated heterocycles. The fourth-order valence-corrected chi connectivity index (χ4v) is 5.23. The van der Waals surface area contributed by atoms with Crippen molar-refractivity contribution in [1.82, 2.24) is 9.62 Å². The molecule has 2 aromatic rings. The van der Waals surface area contributed by atoms with Gasteiger partial charge in [0.25, 0.3) is 0 Å². The average molecular weight is 500 g/mol. The number of nitrogens with zero attached hydrogens (tertiary/aromatic N) is 1. The number of nitrogens with one attached hydrogen (secondary N) is 1. The summed E-state index contributed by atoms with van der Waals surface area (Å²) in [5, 5.41) is 3.46. The zero-order valence-electron chi connectivity index (χ0n) is 16.0. The smallest absolute Gasteiger partial charge is 0.243 e. The van der Waals surface area contributed by atoms with Gasteiger partial charge >= 0.3 is 0 Å². The van der Waals surface area contributed by atoms with Crippen molar-refractivity contribution in [3.63, 3.8) is 0 Å². The van der Waals surface area contributed by atoms with Crippen LogP contribution in [-0.2, 0) is 21.4 Å². The molecule has 0 heterocycles. The molecule has 156 valence electrons. The predicted octanol–water partition coefficient (Wildman–Crippen LogP) is 4.74. The van der Waals surface area contributed by atoms with E-state index in [-0.39, 0.29) is 29.9 Å². The van der Waals surface area contributed by atoms with Gasteiger partial charge in [-0.15, -0.1) is 0 Å². The molecule has 1 fully saturated rings. The Morgan fingerprint density at radius 2 is 1.66 bits per heavy atom. The third-order valence-electron chi connectivity index (χ3n) is 5.01. The number of carbonyl (C=O) groups excluding carboxylic acids is 1. The van der Waals surface area contributed by atoms with Crippen LogP contribution in [0.2, 0.25) is 5.02 Å². The van der Waals surface area contributed by atoms with Crippen LogP contribution in [0.1, 0.15) is 37.7 Å². The van der Waals surface area contributed by atoms with E-state index in [0.29, 0.717) is 5.02 Å². The molecule has 1 aliphatic rings. The van der Waals surface area contributed by atoms with E-state index in [4.69, 9.17) is 11.6 Å². The summed E-state index contributed by atoms with van der Waals surface area (Å²) in [6.45, 7) is -0.117. The summed E-state index contributed by atoms with van der Waals surface area (Å²) in [5.74, 6) is -0.272. The van der Waals surface area contributed by atoms with E-state index >= 15 is 0 Å². The van der Waals surface area contributed by atoms with Gasteiger partial charge in [0.1, 0.15) is 0 Å². The third-order valence-corrected chi connectivity index (χ3v) is 7.60. The first-order chi connectivity index (χ1) is 13.8. The normalized spacial score (nSPS) is 15.4. The Hall–Kier alpha value is -1.41. The lowest BCUT2D eigenvalue weighted by molar-refractivity contribution is -0.122. The highest BCUT2D eigenvalue weighted by Crippen LogP contribution is 2.22. The van der Waals surface area contributed by atoms with Gasteiger partial charge in [-0.1, -0.05) is 58.9 Å². The molecule has 1 amide bonds. The second kappa shape index (κ2) is 10.1. The number of benzene rings is 2. The molecular weight excluding hydrogens is 476 g/mol. The average Bonchev–Trinajstić information content (AvgIpc) is 2.70. The van der Waals surface area contributed by atoms with E-state index in [1.165, 1.54) is 35.0 Å². The van der Waals surface area contributed by atoms with Gasteiger partial charge in [-0.3, -0.25) is 4.79 Å². The van der Waals surface area contributed by atoms with Crippen LogP contribution >= 0.6 is 27.5 Å². The van der Waals surface area contributed by atoms with E-state index in [2.05, 4.69) is 21.2 Å². The fraction of sp³-hybridized carbons (Fsp3) is 0.381. The summed E-state index contributed by atoms with van der Waals surface area (Å²) in [6, 6.07) is 13.5. The minimum Gasteiger partial charge on any atom is -0.352 e. The lowest BCUT2D eigenvalue weighted by atomic mass is 9.95. The summed E-state index contributed by atoms with van der Waals surface area (Å²) in [5.41, 5.74) is 0.802. The Labute approximate surface area is 185 Å². The fourth-order valence-electron chi connectivity index (χ4n) is 3.46. The number of sulfonamides is 1. The van der Waals surface area contributed by atoms with Crippen molar-refractivity contribution in [2.24, 2.45) is 0 Å². The topological polar surface area (TPSA) is 66.5 Å². The van der Waals surface area contributed by atoms with Crippen molar-refractivity contribution >= 4 is 43.5 Å². The minimum absolute atomic E-state index is 0.107. The van der Waals surface area contributed by atoms with Gasteiger partial charge in [-0.05, 0) is 54.8 Å². The van der Waals surface area contributed by atoms with Crippen LogP contribution in [0.25, 0.3) is 0 Å². The highest BCUT2D eigenvalue weighted by atomic mass is 79.9. The van der Waals surface area contributed by atoms with E-state index in [9.17, 15) is 13.2 Å². The Morgan fingerprint density at radius 1 is 1.03 bits per heavy atom. The molecule has 0 unspecified atom stereocenters. The van der Waals surface area contributed by atoms with Gasteiger partial charge in [0.2, 0.25) is 15.9 Å². The molecule has 5 nitrogen and oxygen atoms in total. The van der Waals surface area contributed by atoms with Crippen molar-refractivity contribution in [1.29, 1.82) is 0 Å². The molecular formula is C21H24BrClN2O3S. The second-order valence-corrected chi connectivity index (χ2v) is 10.5. The number of hydrogen-bond acceptors (Lipinski definition) is 3. The van der Waals surface area contributed by atoms with E-state index in [1.54, 1.807) is 0 Å². The highest BCUT2D eigenvalue weighted by molar-refractivity contribution is 9.10. The molecule has 0 aromatic heterocycles. The quantitative estimate of drug-likeness (QED) is 0.598. The van der Waals surface area contributed by atoms with Crippen molar-refractivity contribution in [2.45, 2.75) is 49.6 Å². The Balaban J connectivity index is 1.81. The Morgan fingerprint density at radius 3 is 2.28 bits per heavy atom. The van der Waals surface area contributed by atoms with Crippen LogP contribution in [0.5, 0.6) is 0 Å². The molecule has 29 heavy (non-hydrogen) atoms. The molecule has 3 rings (SSSR count). The van der Waals surface area contributed by atoms with Crippen molar-refractivity contribution in [3.8, 4) is 0 Å². The number of rotatable bonds is 7. The summed E-state index contributed by atoms with van der Waals surface area (Å²) in [7, 11) is -3.86. The Bertz CT molecular complexity index is 927. The number of halogens is 2. The summed E-state index contributed by atoms with van der Waals surface area (Å²) in [6.07, 6.45) is 5.27.